The number of hydrogen-bond donors (Lipinski definition) is 1. The fourth-order valence-electron chi connectivity index (χ4n) is 2.07. The van der Waals surface area contributed by atoms with Crippen LogP contribution < -0.4 is 5.32 Å². The van der Waals surface area contributed by atoms with Gasteiger partial charge in [0.15, 0.2) is 0 Å². The van der Waals surface area contributed by atoms with Crippen LogP contribution in [-0.4, -0.2) is 36.4 Å². The second-order valence-corrected chi connectivity index (χ2v) is 7.24. The van der Waals surface area contributed by atoms with Crippen molar-refractivity contribution in [1.29, 1.82) is 0 Å². The summed E-state index contributed by atoms with van der Waals surface area (Å²) in [7, 11) is -3.47. The fraction of sp³-hybridized carbons (Fsp3) is 0.250. The highest BCUT2D eigenvalue weighted by molar-refractivity contribution is 7.88. The molecule has 2 rings (SSSR count). The van der Waals surface area contributed by atoms with Crippen molar-refractivity contribution in [2.24, 2.45) is 0 Å². The van der Waals surface area contributed by atoms with Crippen molar-refractivity contribution in [1.82, 2.24) is 9.29 Å². The van der Waals surface area contributed by atoms with Gasteiger partial charge in [0.25, 0.3) is 0 Å². The zero-order valence-corrected chi connectivity index (χ0v) is 14.0. The van der Waals surface area contributed by atoms with Gasteiger partial charge in [-0.25, -0.2) is 12.8 Å². The molecule has 0 atom stereocenters. The van der Waals surface area contributed by atoms with E-state index in [1.165, 1.54) is 22.5 Å². The number of nitrogens with zero attached hydrogens (tertiary/aromatic N) is 2. The molecule has 6 nitrogen and oxygen atoms in total. The third-order valence-electron chi connectivity index (χ3n) is 3.27. The lowest BCUT2D eigenvalue weighted by Crippen LogP contribution is -2.32. The van der Waals surface area contributed by atoms with Crippen LogP contribution >= 0.6 is 0 Å². The number of benzene rings is 1. The van der Waals surface area contributed by atoms with E-state index in [0.717, 1.165) is 11.8 Å². The largest absolute Gasteiger partial charge is 0.326 e. The van der Waals surface area contributed by atoms with Gasteiger partial charge in [-0.2, -0.15) is 4.31 Å². The number of sulfonamides is 1. The van der Waals surface area contributed by atoms with E-state index in [1.54, 1.807) is 30.6 Å². The molecule has 1 heterocycles. The molecule has 1 N–H and O–H groups in total. The van der Waals surface area contributed by atoms with Crippen molar-refractivity contribution in [2.45, 2.75) is 13.0 Å². The summed E-state index contributed by atoms with van der Waals surface area (Å²) in [5.74, 6) is -0.841. The summed E-state index contributed by atoms with van der Waals surface area (Å²) in [6, 6.07) is 8.94. The second kappa shape index (κ2) is 7.98. The highest BCUT2D eigenvalue weighted by atomic mass is 32.2. The lowest BCUT2D eigenvalue weighted by molar-refractivity contribution is -0.116. The predicted octanol–water partition coefficient (Wildman–Crippen LogP) is 2.01. The molecular formula is C16H18FN3O3S. The van der Waals surface area contributed by atoms with Crippen molar-refractivity contribution in [3.63, 3.8) is 0 Å². The summed E-state index contributed by atoms with van der Waals surface area (Å²) >= 11 is 0. The molecule has 24 heavy (non-hydrogen) atoms. The first-order valence-electron chi connectivity index (χ1n) is 7.24. The smallest absolute Gasteiger partial charge is 0.225 e. The first-order valence-corrected chi connectivity index (χ1v) is 9.09. The minimum atomic E-state index is -3.47. The highest BCUT2D eigenvalue weighted by Gasteiger charge is 2.18. The lowest BCUT2D eigenvalue weighted by Gasteiger charge is -2.19. The van der Waals surface area contributed by atoms with E-state index in [4.69, 9.17) is 0 Å². The van der Waals surface area contributed by atoms with Gasteiger partial charge in [-0.1, -0.05) is 6.07 Å². The molecule has 0 aliphatic rings. The summed E-state index contributed by atoms with van der Waals surface area (Å²) in [5, 5.41) is 2.54. The number of amides is 1. The van der Waals surface area contributed by atoms with Gasteiger partial charge in [-0.15, -0.1) is 0 Å². The normalized spacial score (nSPS) is 11.5. The van der Waals surface area contributed by atoms with E-state index in [9.17, 15) is 17.6 Å². The molecule has 1 amide bonds. The average molecular weight is 351 g/mol. The van der Waals surface area contributed by atoms with Gasteiger partial charge in [0.1, 0.15) is 5.82 Å². The summed E-state index contributed by atoms with van der Waals surface area (Å²) in [6.45, 7) is 0.191. The van der Waals surface area contributed by atoms with E-state index in [1.807, 2.05) is 0 Å². The van der Waals surface area contributed by atoms with Crippen LogP contribution in [0.15, 0.2) is 48.8 Å². The topological polar surface area (TPSA) is 79.4 Å². The fourth-order valence-corrected chi connectivity index (χ4v) is 2.88. The van der Waals surface area contributed by atoms with Gasteiger partial charge in [0.2, 0.25) is 15.9 Å². The summed E-state index contributed by atoms with van der Waals surface area (Å²) in [4.78, 5) is 15.8. The van der Waals surface area contributed by atoms with Crippen LogP contribution in [0.5, 0.6) is 0 Å². The van der Waals surface area contributed by atoms with E-state index >= 15 is 0 Å². The summed E-state index contributed by atoms with van der Waals surface area (Å²) < 4.78 is 38.1. The maximum absolute atomic E-state index is 13.1. The van der Waals surface area contributed by atoms with E-state index in [2.05, 4.69) is 10.3 Å². The third kappa shape index (κ3) is 5.71. The van der Waals surface area contributed by atoms with E-state index < -0.39 is 15.8 Å². The molecule has 8 heteroatoms. The molecule has 0 aliphatic heterocycles. The number of aromatic nitrogens is 1. The van der Waals surface area contributed by atoms with Gasteiger partial charge in [0, 0.05) is 37.6 Å². The average Bonchev–Trinajstić information content (AvgIpc) is 2.51. The molecule has 1 aromatic carbocycles. The lowest BCUT2D eigenvalue weighted by atomic mass is 10.2. The molecule has 0 radical (unpaired) electrons. The zero-order chi connectivity index (χ0) is 17.6. The maximum atomic E-state index is 13.1. The molecule has 0 saturated heterocycles. The number of pyridine rings is 1. The molecule has 128 valence electrons. The van der Waals surface area contributed by atoms with Crippen LogP contribution in [-0.2, 0) is 21.4 Å². The monoisotopic (exact) mass is 351 g/mol. The number of nitrogens with one attached hydrogen (secondary N) is 1. The summed E-state index contributed by atoms with van der Waals surface area (Å²) in [5.41, 5.74) is 1.11. The number of rotatable bonds is 7. The predicted molar refractivity (Wildman–Crippen MR) is 89.1 cm³/mol. The van der Waals surface area contributed by atoms with Crippen molar-refractivity contribution < 1.29 is 17.6 Å². The minimum absolute atomic E-state index is 0.0301. The molecule has 0 saturated carbocycles. The first-order chi connectivity index (χ1) is 11.3. The van der Waals surface area contributed by atoms with Gasteiger partial charge in [0.05, 0.1) is 6.26 Å². The Morgan fingerprint density at radius 1 is 1.25 bits per heavy atom. The number of carbonyl (C=O) groups excluding carboxylic acids is 1. The Kier molecular flexibility index (Phi) is 5.99. The molecule has 0 fully saturated rings. The van der Waals surface area contributed by atoms with Crippen LogP contribution in [0.2, 0.25) is 0 Å². The van der Waals surface area contributed by atoms with Gasteiger partial charge in [-0.3, -0.25) is 9.78 Å². The molecule has 0 aliphatic carbocycles. The Hall–Kier alpha value is -2.32. The Morgan fingerprint density at radius 2 is 1.96 bits per heavy atom. The van der Waals surface area contributed by atoms with Crippen LogP contribution in [0.4, 0.5) is 10.1 Å². The van der Waals surface area contributed by atoms with E-state index in [-0.39, 0.29) is 25.4 Å². The Morgan fingerprint density at radius 3 is 2.58 bits per heavy atom. The quantitative estimate of drug-likeness (QED) is 0.828. The molecular weight excluding hydrogens is 333 g/mol. The Balaban J connectivity index is 1.96. The number of anilines is 1. The third-order valence-corrected chi connectivity index (χ3v) is 4.52. The zero-order valence-electron chi connectivity index (χ0n) is 13.1. The molecule has 0 spiro atoms. The summed E-state index contributed by atoms with van der Waals surface area (Å²) in [6.07, 6.45) is 4.21. The number of hydrogen-bond acceptors (Lipinski definition) is 4. The van der Waals surface area contributed by atoms with Crippen molar-refractivity contribution in [2.75, 3.05) is 18.1 Å². The number of halogens is 1. The Labute approximate surface area is 140 Å². The van der Waals surface area contributed by atoms with E-state index in [0.29, 0.717) is 5.69 Å². The molecule has 2 aromatic rings. The van der Waals surface area contributed by atoms with Crippen molar-refractivity contribution >= 4 is 21.6 Å². The Bertz CT molecular complexity index is 797. The van der Waals surface area contributed by atoms with Crippen molar-refractivity contribution in [3.05, 3.63) is 60.2 Å². The van der Waals surface area contributed by atoms with Gasteiger partial charge < -0.3 is 5.32 Å². The standard InChI is InChI=1S/C16H18FN3O3S/c1-24(22,23)20(12-13-5-8-18-9-6-13)10-7-16(21)19-15-4-2-3-14(17)11-15/h2-6,8-9,11H,7,10,12H2,1H3,(H,19,21). The second-order valence-electron chi connectivity index (χ2n) is 5.26. The molecule has 0 unspecified atom stereocenters. The van der Waals surface area contributed by atoms with Gasteiger partial charge >= 0.3 is 0 Å². The van der Waals surface area contributed by atoms with Crippen LogP contribution in [0.3, 0.4) is 0 Å². The highest BCUT2D eigenvalue weighted by Crippen LogP contribution is 2.11. The first kappa shape index (κ1) is 18.0. The van der Waals surface area contributed by atoms with Crippen LogP contribution in [0.1, 0.15) is 12.0 Å². The number of carbonyl (C=O) groups is 1. The van der Waals surface area contributed by atoms with Crippen LogP contribution in [0, 0.1) is 5.82 Å². The maximum Gasteiger partial charge on any atom is 0.225 e. The van der Waals surface area contributed by atoms with Crippen LogP contribution in [0.25, 0.3) is 0 Å². The molecule has 0 bridgehead atoms. The SMILES string of the molecule is CS(=O)(=O)N(CCC(=O)Nc1cccc(F)c1)Cc1ccncc1. The van der Waals surface area contributed by atoms with Crippen molar-refractivity contribution in [3.8, 4) is 0 Å². The minimum Gasteiger partial charge on any atom is -0.326 e. The molecule has 1 aromatic heterocycles. The van der Waals surface area contributed by atoms with Gasteiger partial charge in [-0.05, 0) is 35.9 Å².